The van der Waals surface area contributed by atoms with E-state index in [2.05, 4.69) is 216 Å². The first-order chi connectivity index (χ1) is 39.1. The summed E-state index contributed by atoms with van der Waals surface area (Å²) in [6.45, 7) is 0. The van der Waals surface area contributed by atoms with Gasteiger partial charge in [0.15, 0.2) is 0 Å². The van der Waals surface area contributed by atoms with Crippen LogP contribution in [0.3, 0.4) is 0 Å². The number of hydrogen-bond donors (Lipinski definition) is 0. The first-order valence-corrected chi connectivity index (χ1v) is 30.4. The van der Waals surface area contributed by atoms with E-state index in [1.165, 1.54) is 218 Å². The van der Waals surface area contributed by atoms with Gasteiger partial charge in [-0.2, -0.15) is 0 Å². The van der Waals surface area contributed by atoms with Crippen molar-refractivity contribution in [2.45, 2.75) is 134 Å². The predicted octanol–water partition coefficient (Wildman–Crippen LogP) is 22.4. The molecule has 0 heterocycles. The molecule has 14 rings (SSSR count). The van der Waals surface area contributed by atoms with Crippen molar-refractivity contribution in [2.75, 3.05) is 9.80 Å². The number of hydrogen-bond acceptors (Lipinski definition) is 2. The van der Waals surface area contributed by atoms with Gasteiger partial charge in [0.2, 0.25) is 0 Å². The van der Waals surface area contributed by atoms with E-state index in [0.717, 1.165) is 11.4 Å². The van der Waals surface area contributed by atoms with Crippen molar-refractivity contribution in [1.29, 1.82) is 0 Å². The Kier molecular flexibility index (Phi) is 13.7. The molecular formula is C77H74N2. The molecule has 0 bridgehead atoms. The maximum Gasteiger partial charge on any atom is 0.0727 e. The van der Waals surface area contributed by atoms with Crippen LogP contribution in [0.4, 0.5) is 34.1 Å². The number of rotatable bonds is 10. The average Bonchev–Trinajstić information content (AvgIpc) is 3.45. The van der Waals surface area contributed by atoms with E-state index in [1.54, 1.807) is 22.3 Å². The molecular weight excluding hydrogens is 953 g/mol. The molecule has 6 aliphatic carbocycles. The standard InChI is InChI=1S/C77H74N2/c1-5-17-55(18-6-1)49-59-29-37-63(38-30-59)78(64-39-31-60(32-40-64)50-56-19-7-2-8-20-56)67-45-47-71-69-25-13-15-27-73(69)77(75(71)53-67)74-28-16-14-26-70(74)72-48-46-68(54-76(72)77)79(65-41-33-61(34-42-65)51-57-21-9-3-10-22-57)66-43-35-62(36-44-66)52-58-23-11-4-12-24-58/h13-16,25-54H,1-12,17-24H2. The quantitative estimate of drug-likeness (QED) is 0.135. The predicted molar refractivity (Wildman–Crippen MR) is 336 cm³/mol. The third-order valence-electron chi connectivity index (χ3n) is 18.6. The van der Waals surface area contributed by atoms with Gasteiger partial charge in [0.25, 0.3) is 0 Å². The van der Waals surface area contributed by atoms with Crippen molar-refractivity contribution in [1.82, 2.24) is 0 Å². The highest BCUT2D eigenvalue weighted by Gasteiger charge is 2.52. The highest BCUT2D eigenvalue weighted by molar-refractivity contribution is 5.97. The minimum atomic E-state index is -0.556. The van der Waals surface area contributed by atoms with Gasteiger partial charge in [-0.05, 0) is 242 Å². The van der Waals surface area contributed by atoms with Crippen LogP contribution in [0.1, 0.15) is 173 Å². The van der Waals surface area contributed by atoms with Crippen molar-refractivity contribution in [2.24, 2.45) is 0 Å². The molecule has 0 N–H and O–H groups in total. The molecule has 0 unspecified atom stereocenters. The molecule has 0 radical (unpaired) electrons. The second-order valence-electron chi connectivity index (χ2n) is 23.8. The van der Waals surface area contributed by atoms with E-state index in [1.807, 2.05) is 0 Å². The van der Waals surface area contributed by atoms with Gasteiger partial charge in [-0.15, -0.1) is 0 Å². The van der Waals surface area contributed by atoms with E-state index in [-0.39, 0.29) is 0 Å². The van der Waals surface area contributed by atoms with Gasteiger partial charge < -0.3 is 9.80 Å². The molecule has 6 aliphatic rings. The van der Waals surface area contributed by atoms with Gasteiger partial charge in [-0.25, -0.2) is 0 Å². The third kappa shape index (κ3) is 9.66. The Hall–Kier alpha value is -7.68. The summed E-state index contributed by atoms with van der Waals surface area (Å²) in [5, 5.41) is 0. The van der Waals surface area contributed by atoms with Crippen LogP contribution in [-0.4, -0.2) is 0 Å². The average molecular weight is 1030 g/mol. The minimum absolute atomic E-state index is 0.556. The van der Waals surface area contributed by atoms with Crippen LogP contribution in [0.25, 0.3) is 46.6 Å². The van der Waals surface area contributed by atoms with E-state index in [4.69, 9.17) is 0 Å². The molecule has 1 spiro atoms. The van der Waals surface area contributed by atoms with Crippen LogP contribution in [0.5, 0.6) is 0 Å². The Balaban J connectivity index is 0.917. The molecule has 392 valence electrons. The number of fused-ring (bicyclic) bond motifs is 10. The fourth-order valence-electron chi connectivity index (χ4n) is 14.7. The number of nitrogens with zero attached hydrogens (tertiary/aromatic N) is 2. The fraction of sp³-hybridized carbons (Fsp3) is 0.273. The van der Waals surface area contributed by atoms with Crippen LogP contribution in [0.15, 0.2) is 204 Å². The van der Waals surface area contributed by atoms with E-state index >= 15 is 0 Å². The molecule has 0 atom stereocenters. The van der Waals surface area contributed by atoms with E-state index < -0.39 is 5.41 Å². The van der Waals surface area contributed by atoms with Crippen LogP contribution in [0, 0.1) is 0 Å². The number of allylic oxidation sites excluding steroid dienone is 4. The Morgan fingerprint density at radius 3 is 0.785 bits per heavy atom. The monoisotopic (exact) mass is 1030 g/mol. The molecule has 4 saturated carbocycles. The van der Waals surface area contributed by atoms with Crippen LogP contribution < -0.4 is 9.80 Å². The van der Waals surface area contributed by atoms with Gasteiger partial charge in [0.1, 0.15) is 0 Å². The van der Waals surface area contributed by atoms with Crippen molar-refractivity contribution in [3.8, 4) is 22.3 Å². The largest absolute Gasteiger partial charge is 0.310 e. The van der Waals surface area contributed by atoms with Crippen molar-refractivity contribution in [3.05, 3.63) is 249 Å². The maximum absolute atomic E-state index is 2.56. The van der Waals surface area contributed by atoms with Gasteiger partial charge in [-0.3, -0.25) is 0 Å². The Morgan fingerprint density at radius 1 is 0.241 bits per heavy atom. The van der Waals surface area contributed by atoms with Crippen molar-refractivity contribution < 1.29 is 0 Å². The molecule has 0 saturated heterocycles. The Bertz CT molecular complexity index is 3240. The summed E-state index contributed by atoms with van der Waals surface area (Å²) in [7, 11) is 0. The zero-order chi connectivity index (χ0) is 52.5. The van der Waals surface area contributed by atoms with Gasteiger partial charge in [0.05, 0.1) is 5.41 Å². The lowest BCUT2D eigenvalue weighted by atomic mass is 9.70. The van der Waals surface area contributed by atoms with Gasteiger partial charge >= 0.3 is 0 Å². The summed E-state index contributed by atoms with van der Waals surface area (Å²) >= 11 is 0. The molecule has 2 heteroatoms. The SMILES string of the molecule is C(=C1CCCCC1)c1ccc(N(c2ccc(C=C3CCCCC3)cc2)c2ccc3c(c2)C2(c4ccccc4-3)c3ccccc3-c3ccc(N(c4ccc(C=C5CCCCC5)cc4)c4ccc(C=C5CCCCC5)cc4)cc32)cc1. The lowest BCUT2D eigenvalue weighted by Crippen LogP contribution is -2.26. The van der Waals surface area contributed by atoms with Crippen molar-refractivity contribution in [3.63, 3.8) is 0 Å². The number of benzene rings is 8. The molecule has 0 aromatic heterocycles. The molecule has 79 heavy (non-hydrogen) atoms. The Labute approximate surface area is 470 Å². The lowest BCUT2D eigenvalue weighted by Gasteiger charge is -2.33. The van der Waals surface area contributed by atoms with Gasteiger partial charge in [0, 0.05) is 34.1 Å². The molecule has 0 aliphatic heterocycles. The maximum atomic E-state index is 2.56. The summed E-state index contributed by atoms with van der Waals surface area (Å²) in [5.74, 6) is 0. The molecule has 0 amide bonds. The zero-order valence-corrected chi connectivity index (χ0v) is 46.2. The van der Waals surface area contributed by atoms with E-state index in [9.17, 15) is 0 Å². The first kappa shape index (κ1) is 49.6. The summed E-state index contributed by atoms with van der Waals surface area (Å²) in [6, 6.07) is 70.9. The Morgan fingerprint density at radius 2 is 0.494 bits per heavy atom. The normalized spacial score (nSPS) is 17.1. The van der Waals surface area contributed by atoms with Crippen molar-refractivity contribution >= 4 is 58.4 Å². The van der Waals surface area contributed by atoms with E-state index in [0.29, 0.717) is 0 Å². The highest BCUT2D eigenvalue weighted by atomic mass is 15.1. The van der Waals surface area contributed by atoms with Crippen LogP contribution in [0.2, 0.25) is 0 Å². The highest BCUT2D eigenvalue weighted by Crippen LogP contribution is 2.64. The van der Waals surface area contributed by atoms with Gasteiger partial charge in [-0.1, -0.05) is 181 Å². The third-order valence-corrected chi connectivity index (χ3v) is 18.6. The number of anilines is 6. The smallest absolute Gasteiger partial charge is 0.0727 e. The molecule has 8 aromatic rings. The fourth-order valence-corrected chi connectivity index (χ4v) is 14.7. The minimum Gasteiger partial charge on any atom is -0.310 e. The molecule has 8 aromatic carbocycles. The van der Waals surface area contributed by atoms with Crippen LogP contribution >= 0.6 is 0 Å². The topological polar surface area (TPSA) is 6.48 Å². The molecule has 4 fully saturated rings. The summed E-state index contributed by atoms with van der Waals surface area (Å²) in [4.78, 5) is 5.02. The zero-order valence-electron chi connectivity index (χ0n) is 46.2. The summed E-state index contributed by atoms with van der Waals surface area (Å²) < 4.78 is 0. The van der Waals surface area contributed by atoms with Crippen LogP contribution in [-0.2, 0) is 5.41 Å². The second kappa shape index (κ2) is 21.9. The second-order valence-corrected chi connectivity index (χ2v) is 23.8. The molecule has 2 nitrogen and oxygen atoms in total. The summed E-state index contributed by atoms with van der Waals surface area (Å²) in [6.07, 6.45) is 35.5. The summed E-state index contributed by atoms with van der Waals surface area (Å²) in [5.41, 5.74) is 28.6. The lowest BCUT2D eigenvalue weighted by molar-refractivity contribution is 0.602. The first-order valence-electron chi connectivity index (χ1n) is 30.4.